The van der Waals surface area contributed by atoms with Gasteiger partial charge in [-0.1, -0.05) is 271 Å². The zero-order valence-electron chi connectivity index (χ0n) is 37.6. The molecule has 55 heavy (non-hydrogen) atoms. The Hall–Kier alpha value is -0.650. The number of nitrogens with one attached hydrogen (secondary N) is 1. The van der Waals surface area contributed by atoms with Crippen molar-refractivity contribution in [2.75, 3.05) is 6.61 Å². The number of amides is 1. The molecule has 0 spiro atoms. The summed E-state index contributed by atoms with van der Waals surface area (Å²) in [5, 5.41) is 33.7. The summed E-state index contributed by atoms with van der Waals surface area (Å²) in [6.07, 6.45) is 53.7. The molecule has 0 saturated heterocycles. The van der Waals surface area contributed by atoms with E-state index in [-0.39, 0.29) is 12.5 Å². The molecule has 0 bridgehead atoms. The maximum atomic E-state index is 12.5. The molecule has 0 aromatic heterocycles. The second-order valence-electron chi connectivity index (χ2n) is 17.7. The van der Waals surface area contributed by atoms with Crippen LogP contribution in [0, 0.1) is 0 Å². The summed E-state index contributed by atoms with van der Waals surface area (Å²) in [6.45, 7) is 4.22. The van der Waals surface area contributed by atoms with Crippen LogP contribution in [0.2, 0.25) is 0 Å². The van der Waals surface area contributed by atoms with Gasteiger partial charge in [0, 0.05) is 6.42 Å². The van der Waals surface area contributed by atoms with Crippen LogP contribution in [0.3, 0.4) is 0 Å². The van der Waals surface area contributed by atoms with E-state index in [1.54, 1.807) is 0 Å². The second kappa shape index (κ2) is 46.0. The number of hydrogen-bond donors (Lipinski definition) is 4. The fourth-order valence-electron chi connectivity index (χ4n) is 8.28. The maximum Gasteiger partial charge on any atom is 0.220 e. The van der Waals surface area contributed by atoms with Gasteiger partial charge in [0.1, 0.15) is 6.10 Å². The van der Waals surface area contributed by atoms with Crippen molar-refractivity contribution < 1.29 is 20.1 Å². The van der Waals surface area contributed by atoms with Crippen molar-refractivity contribution in [3.8, 4) is 0 Å². The Labute approximate surface area is 345 Å². The zero-order valence-corrected chi connectivity index (χ0v) is 37.6. The minimum absolute atomic E-state index is 0.137. The van der Waals surface area contributed by atoms with Crippen LogP contribution in [0.15, 0.2) is 0 Å². The molecule has 0 fully saturated rings. The highest BCUT2D eigenvalue weighted by Crippen LogP contribution is 2.18. The summed E-state index contributed by atoms with van der Waals surface area (Å²) in [5.74, 6) is -0.137. The van der Waals surface area contributed by atoms with Crippen LogP contribution in [0.4, 0.5) is 0 Å². The normalized spacial score (nSPS) is 13.3. The number of carbonyl (C=O) groups is 1. The van der Waals surface area contributed by atoms with E-state index >= 15 is 0 Å². The zero-order chi connectivity index (χ0) is 40.1. The van der Waals surface area contributed by atoms with Crippen LogP contribution < -0.4 is 5.32 Å². The lowest BCUT2D eigenvalue weighted by molar-refractivity contribution is -0.124. The van der Waals surface area contributed by atoms with E-state index in [4.69, 9.17) is 0 Å². The number of aliphatic hydroxyl groups excluding tert-OH is 3. The average Bonchev–Trinajstić information content (AvgIpc) is 3.19. The number of hydrogen-bond acceptors (Lipinski definition) is 4. The van der Waals surface area contributed by atoms with E-state index in [1.165, 1.54) is 231 Å². The first-order valence-corrected chi connectivity index (χ1v) is 25.3. The average molecular weight is 780 g/mol. The first kappa shape index (κ1) is 54.3. The summed E-state index contributed by atoms with van der Waals surface area (Å²) in [6, 6.07) is -0.803. The van der Waals surface area contributed by atoms with Crippen molar-refractivity contribution >= 4 is 5.91 Å². The lowest BCUT2D eigenvalue weighted by Crippen LogP contribution is -2.50. The highest BCUT2D eigenvalue weighted by molar-refractivity contribution is 5.76. The fraction of sp³-hybridized carbons (Fsp3) is 0.980. The van der Waals surface area contributed by atoms with E-state index in [0.29, 0.717) is 12.8 Å². The summed E-state index contributed by atoms with van der Waals surface area (Å²) in [5.41, 5.74) is 0. The molecule has 4 N–H and O–H groups in total. The molecular formula is C50H101NO4. The molecular weight excluding hydrogens is 679 g/mol. The van der Waals surface area contributed by atoms with Crippen molar-refractivity contribution in [2.24, 2.45) is 0 Å². The first-order chi connectivity index (χ1) is 27.1. The van der Waals surface area contributed by atoms with Gasteiger partial charge in [-0.25, -0.2) is 0 Å². The molecule has 0 radical (unpaired) electrons. The number of unbranched alkanes of at least 4 members (excludes halogenated alkanes) is 39. The number of aliphatic hydroxyl groups is 3. The van der Waals surface area contributed by atoms with Crippen molar-refractivity contribution in [2.45, 2.75) is 308 Å². The van der Waals surface area contributed by atoms with E-state index in [0.717, 1.165) is 32.1 Å². The standard InChI is InChI=1S/C50H101NO4/c1-3-5-7-9-11-13-15-17-19-21-23-24-25-26-27-29-31-33-35-37-39-41-43-45-49(54)51-47(46-52)50(55)48(53)44-42-40-38-36-34-32-30-28-22-20-18-16-14-12-10-8-6-4-2/h47-48,50,52-53,55H,3-46H2,1-2H3,(H,51,54). The molecule has 0 rings (SSSR count). The molecule has 1 amide bonds. The van der Waals surface area contributed by atoms with Gasteiger partial charge < -0.3 is 20.6 Å². The van der Waals surface area contributed by atoms with Crippen LogP contribution in [0.5, 0.6) is 0 Å². The quantitative estimate of drug-likeness (QED) is 0.0463. The highest BCUT2D eigenvalue weighted by Gasteiger charge is 2.26. The van der Waals surface area contributed by atoms with Crippen molar-refractivity contribution in [1.29, 1.82) is 0 Å². The van der Waals surface area contributed by atoms with Gasteiger partial charge in [0.05, 0.1) is 18.8 Å². The van der Waals surface area contributed by atoms with Crippen molar-refractivity contribution in [3.63, 3.8) is 0 Å². The molecule has 0 aromatic carbocycles. The molecule has 5 nitrogen and oxygen atoms in total. The smallest absolute Gasteiger partial charge is 0.220 e. The third kappa shape index (κ3) is 41.3. The van der Waals surface area contributed by atoms with Crippen LogP contribution in [0.1, 0.15) is 290 Å². The molecule has 5 heteroatoms. The molecule has 0 aliphatic rings. The molecule has 0 aliphatic carbocycles. The number of rotatable bonds is 47. The Morgan fingerprint density at radius 2 is 0.618 bits per heavy atom. The van der Waals surface area contributed by atoms with Gasteiger partial charge in [0.15, 0.2) is 0 Å². The minimum Gasteiger partial charge on any atom is -0.394 e. The van der Waals surface area contributed by atoms with E-state index < -0.39 is 18.2 Å². The molecule has 330 valence electrons. The lowest BCUT2D eigenvalue weighted by atomic mass is 9.99. The van der Waals surface area contributed by atoms with Gasteiger partial charge in [-0.15, -0.1) is 0 Å². The molecule has 3 atom stereocenters. The van der Waals surface area contributed by atoms with Gasteiger partial charge in [-0.05, 0) is 12.8 Å². The molecule has 3 unspecified atom stereocenters. The van der Waals surface area contributed by atoms with Crippen molar-refractivity contribution in [1.82, 2.24) is 5.32 Å². The Morgan fingerprint density at radius 3 is 0.873 bits per heavy atom. The Balaban J connectivity index is 3.52. The number of carbonyl (C=O) groups excluding carboxylic acids is 1. The van der Waals surface area contributed by atoms with Crippen LogP contribution in [-0.2, 0) is 4.79 Å². The van der Waals surface area contributed by atoms with Crippen LogP contribution >= 0.6 is 0 Å². The highest BCUT2D eigenvalue weighted by atomic mass is 16.3. The van der Waals surface area contributed by atoms with Gasteiger partial charge in [0.2, 0.25) is 5.91 Å². The first-order valence-electron chi connectivity index (χ1n) is 25.3. The SMILES string of the molecule is CCCCCCCCCCCCCCCCCCCCCCCCCC(=O)NC(CO)C(O)C(O)CCCCCCCCCCCCCCCCCCCC. The monoisotopic (exact) mass is 780 g/mol. The fourth-order valence-corrected chi connectivity index (χ4v) is 8.28. The summed E-state index contributed by atoms with van der Waals surface area (Å²) < 4.78 is 0. The van der Waals surface area contributed by atoms with Crippen molar-refractivity contribution in [3.05, 3.63) is 0 Å². The van der Waals surface area contributed by atoms with Crippen LogP contribution in [0.25, 0.3) is 0 Å². The third-order valence-electron chi connectivity index (χ3n) is 12.2. The third-order valence-corrected chi connectivity index (χ3v) is 12.2. The van der Waals surface area contributed by atoms with Crippen LogP contribution in [-0.4, -0.2) is 46.1 Å². The predicted molar refractivity (Wildman–Crippen MR) is 241 cm³/mol. The Morgan fingerprint density at radius 1 is 0.382 bits per heavy atom. The predicted octanol–water partition coefficient (Wildman–Crippen LogP) is 15.0. The largest absolute Gasteiger partial charge is 0.394 e. The van der Waals surface area contributed by atoms with Gasteiger partial charge in [0.25, 0.3) is 0 Å². The van der Waals surface area contributed by atoms with E-state index in [2.05, 4.69) is 19.2 Å². The summed E-state index contributed by atoms with van der Waals surface area (Å²) >= 11 is 0. The minimum atomic E-state index is -1.13. The molecule has 0 heterocycles. The Bertz CT molecular complexity index is 733. The molecule has 0 aliphatic heterocycles. The second-order valence-corrected chi connectivity index (χ2v) is 17.7. The summed E-state index contributed by atoms with van der Waals surface area (Å²) in [4.78, 5) is 12.5. The topological polar surface area (TPSA) is 89.8 Å². The Kier molecular flexibility index (Phi) is 45.5. The molecule has 0 saturated carbocycles. The van der Waals surface area contributed by atoms with E-state index in [1.807, 2.05) is 0 Å². The van der Waals surface area contributed by atoms with Gasteiger partial charge >= 0.3 is 0 Å². The van der Waals surface area contributed by atoms with Gasteiger partial charge in [-0.2, -0.15) is 0 Å². The summed E-state index contributed by atoms with van der Waals surface area (Å²) in [7, 11) is 0. The lowest BCUT2D eigenvalue weighted by Gasteiger charge is -2.26. The van der Waals surface area contributed by atoms with Gasteiger partial charge in [-0.3, -0.25) is 4.79 Å². The van der Waals surface area contributed by atoms with E-state index in [9.17, 15) is 20.1 Å². The maximum absolute atomic E-state index is 12.5. The molecule has 0 aromatic rings.